The molecular weight excluding hydrogens is 388 g/mol. The van der Waals surface area contributed by atoms with E-state index in [1.165, 1.54) is 0 Å². The minimum atomic E-state index is -0.386. The number of nitrogens with zero attached hydrogens (tertiary/aromatic N) is 2. The van der Waals surface area contributed by atoms with Crippen LogP contribution in [0.3, 0.4) is 0 Å². The lowest BCUT2D eigenvalue weighted by molar-refractivity contribution is -0.113. The third-order valence-corrected chi connectivity index (χ3v) is 4.60. The van der Waals surface area contributed by atoms with Crippen LogP contribution in [0.4, 0.5) is 5.69 Å². The summed E-state index contributed by atoms with van der Waals surface area (Å²) in [6.07, 6.45) is 0. The Morgan fingerprint density at radius 2 is 2.00 bits per heavy atom. The first kappa shape index (κ1) is 18.9. The lowest BCUT2D eigenvalue weighted by Gasteiger charge is -2.06. The van der Waals surface area contributed by atoms with Gasteiger partial charge in [-0.2, -0.15) is 0 Å². The van der Waals surface area contributed by atoms with Gasteiger partial charge in [-0.25, -0.2) is 0 Å². The van der Waals surface area contributed by atoms with Gasteiger partial charge in [0.1, 0.15) is 5.75 Å². The molecule has 0 bridgehead atoms. The topological polar surface area (TPSA) is 97.0 Å². The molecule has 2 aromatic carbocycles. The largest absolute Gasteiger partial charge is 0.497 e. The summed E-state index contributed by atoms with van der Waals surface area (Å²) in [4.78, 5) is 26.9. The van der Waals surface area contributed by atoms with E-state index >= 15 is 0 Å². The zero-order valence-corrected chi connectivity index (χ0v) is 15.8. The summed E-state index contributed by atoms with van der Waals surface area (Å²) in [6, 6.07) is 13.8. The second-order valence-electron chi connectivity index (χ2n) is 5.38. The Labute approximate surface area is 164 Å². The van der Waals surface area contributed by atoms with Gasteiger partial charge in [-0.15, -0.1) is 10.2 Å². The Bertz CT molecular complexity index is 1010. The fourth-order valence-electron chi connectivity index (χ4n) is 2.22. The summed E-state index contributed by atoms with van der Waals surface area (Å²) in [7, 11) is 1.56. The molecule has 0 fully saturated rings. The smallest absolute Gasteiger partial charge is 0.278 e. The van der Waals surface area contributed by atoms with Gasteiger partial charge < -0.3 is 10.1 Å². The second-order valence-corrected chi connectivity index (χ2v) is 6.78. The first-order valence-corrected chi connectivity index (χ1v) is 9.21. The summed E-state index contributed by atoms with van der Waals surface area (Å²) in [5.74, 6) is 0.480. The monoisotopic (exact) mass is 402 g/mol. The van der Waals surface area contributed by atoms with Crippen molar-refractivity contribution in [1.29, 1.82) is 0 Å². The van der Waals surface area contributed by atoms with Gasteiger partial charge in [-0.1, -0.05) is 41.6 Å². The predicted octanol–water partition coefficient (Wildman–Crippen LogP) is 3.22. The second kappa shape index (κ2) is 8.70. The molecule has 0 radical (unpaired) electrons. The summed E-state index contributed by atoms with van der Waals surface area (Å²) in [5.41, 5.74) is 1.04. The number of H-pyrrole nitrogens is 1. The van der Waals surface area contributed by atoms with Gasteiger partial charge in [0, 0.05) is 22.3 Å². The molecule has 3 aromatic rings. The highest BCUT2D eigenvalue weighted by Crippen LogP contribution is 2.19. The van der Waals surface area contributed by atoms with E-state index in [4.69, 9.17) is 16.3 Å². The average Bonchev–Trinajstić information content (AvgIpc) is 2.67. The molecule has 0 aliphatic heterocycles. The number of carbonyl (C=O) groups excluding carboxylic acids is 1. The number of hydrogen-bond donors (Lipinski definition) is 2. The zero-order valence-electron chi connectivity index (χ0n) is 14.2. The van der Waals surface area contributed by atoms with Crippen LogP contribution in [0.2, 0.25) is 5.02 Å². The molecule has 0 spiro atoms. The minimum absolute atomic E-state index is 0.0715. The van der Waals surface area contributed by atoms with Crippen molar-refractivity contribution in [3.8, 4) is 17.0 Å². The average molecular weight is 403 g/mol. The van der Waals surface area contributed by atoms with E-state index in [0.29, 0.717) is 22.0 Å². The number of benzene rings is 2. The summed E-state index contributed by atoms with van der Waals surface area (Å²) >= 11 is 6.92. The standard InChI is InChI=1S/C18H15ClN4O3S/c1-26-14-4-2-3-13(9-14)20-15(24)10-27-18-21-17(25)16(22-23-18)11-5-7-12(19)8-6-11/h2-9H,10H2,1H3,(H,20,24)(H,21,23,25). The van der Waals surface area contributed by atoms with E-state index in [-0.39, 0.29) is 28.1 Å². The maximum absolute atomic E-state index is 12.2. The summed E-state index contributed by atoms with van der Waals surface area (Å²) in [6.45, 7) is 0. The van der Waals surface area contributed by atoms with Gasteiger partial charge in [0.05, 0.1) is 12.9 Å². The number of methoxy groups -OCH3 is 1. The van der Waals surface area contributed by atoms with Crippen LogP contribution >= 0.6 is 23.4 Å². The van der Waals surface area contributed by atoms with E-state index in [2.05, 4.69) is 20.5 Å². The maximum atomic E-state index is 12.2. The highest BCUT2D eigenvalue weighted by molar-refractivity contribution is 7.99. The molecule has 1 heterocycles. The molecule has 0 unspecified atom stereocenters. The van der Waals surface area contributed by atoms with Gasteiger partial charge in [0.25, 0.3) is 5.56 Å². The summed E-state index contributed by atoms with van der Waals surface area (Å²) in [5, 5.41) is 11.5. The number of aromatic nitrogens is 3. The van der Waals surface area contributed by atoms with Crippen LogP contribution in [-0.2, 0) is 4.79 Å². The number of aromatic amines is 1. The van der Waals surface area contributed by atoms with Crippen molar-refractivity contribution in [1.82, 2.24) is 15.2 Å². The number of anilines is 1. The highest BCUT2D eigenvalue weighted by atomic mass is 35.5. The lowest BCUT2D eigenvalue weighted by Crippen LogP contribution is -2.17. The number of halogens is 1. The van der Waals surface area contributed by atoms with Gasteiger partial charge in [-0.3, -0.25) is 14.6 Å². The van der Waals surface area contributed by atoms with Crippen molar-refractivity contribution in [3.05, 3.63) is 63.9 Å². The fourth-order valence-corrected chi connectivity index (χ4v) is 2.94. The van der Waals surface area contributed by atoms with Crippen LogP contribution in [0.15, 0.2) is 58.5 Å². The molecule has 9 heteroatoms. The number of rotatable bonds is 6. The number of amides is 1. The molecule has 1 amide bonds. The lowest BCUT2D eigenvalue weighted by atomic mass is 10.2. The number of ether oxygens (including phenoxy) is 1. The minimum Gasteiger partial charge on any atom is -0.497 e. The van der Waals surface area contributed by atoms with Crippen LogP contribution in [-0.4, -0.2) is 34.0 Å². The molecule has 27 heavy (non-hydrogen) atoms. The molecule has 2 N–H and O–H groups in total. The Balaban J connectivity index is 1.62. The number of thioether (sulfide) groups is 1. The molecule has 0 saturated heterocycles. The molecule has 0 atom stereocenters. The van der Waals surface area contributed by atoms with Crippen LogP contribution in [0.25, 0.3) is 11.3 Å². The molecule has 0 saturated carbocycles. The Hall–Kier alpha value is -2.84. The maximum Gasteiger partial charge on any atom is 0.278 e. The van der Waals surface area contributed by atoms with Gasteiger partial charge in [0.2, 0.25) is 5.91 Å². The van der Waals surface area contributed by atoms with Crippen LogP contribution < -0.4 is 15.6 Å². The molecule has 0 aliphatic carbocycles. The third kappa shape index (κ3) is 5.08. The first-order valence-electron chi connectivity index (χ1n) is 7.85. The van der Waals surface area contributed by atoms with Crippen LogP contribution in [0.5, 0.6) is 5.75 Å². The zero-order chi connectivity index (χ0) is 19.2. The normalized spacial score (nSPS) is 10.4. The number of carbonyl (C=O) groups is 1. The van der Waals surface area contributed by atoms with Gasteiger partial charge in [0.15, 0.2) is 10.9 Å². The first-order chi connectivity index (χ1) is 13.0. The van der Waals surface area contributed by atoms with Crippen molar-refractivity contribution in [3.63, 3.8) is 0 Å². The van der Waals surface area contributed by atoms with E-state index in [9.17, 15) is 9.59 Å². The van der Waals surface area contributed by atoms with Crippen molar-refractivity contribution in [2.24, 2.45) is 0 Å². The SMILES string of the molecule is COc1cccc(NC(=O)CSc2nnc(-c3ccc(Cl)cc3)c(=O)[nH]2)c1. The Morgan fingerprint density at radius 1 is 1.22 bits per heavy atom. The van der Waals surface area contributed by atoms with E-state index in [1.807, 2.05) is 0 Å². The van der Waals surface area contributed by atoms with E-state index in [0.717, 1.165) is 11.8 Å². The Morgan fingerprint density at radius 3 is 2.70 bits per heavy atom. The predicted molar refractivity (Wildman–Crippen MR) is 105 cm³/mol. The molecule has 0 aliphatic rings. The molecule has 138 valence electrons. The molecule has 7 nitrogen and oxygen atoms in total. The number of nitrogens with one attached hydrogen (secondary N) is 2. The quantitative estimate of drug-likeness (QED) is 0.614. The van der Waals surface area contributed by atoms with Crippen molar-refractivity contribution in [2.45, 2.75) is 5.16 Å². The van der Waals surface area contributed by atoms with Gasteiger partial charge in [-0.05, 0) is 24.3 Å². The van der Waals surface area contributed by atoms with Crippen LogP contribution in [0, 0.1) is 0 Å². The number of hydrogen-bond acceptors (Lipinski definition) is 6. The van der Waals surface area contributed by atoms with Gasteiger partial charge >= 0.3 is 0 Å². The van der Waals surface area contributed by atoms with E-state index < -0.39 is 0 Å². The molecular formula is C18H15ClN4O3S. The van der Waals surface area contributed by atoms with Crippen molar-refractivity contribution < 1.29 is 9.53 Å². The molecule has 1 aromatic heterocycles. The fraction of sp³-hybridized carbons (Fsp3) is 0.111. The molecule has 3 rings (SSSR count). The van der Waals surface area contributed by atoms with Crippen molar-refractivity contribution in [2.75, 3.05) is 18.2 Å². The third-order valence-electron chi connectivity index (χ3n) is 3.49. The van der Waals surface area contributed by atoms with Crippen molar-refractivity contribution >= 4 is 35.0 Å². The summed E-state index contributed by atoms with van der Waals surface area (Å²) < 4.78 is 5.11. The van der Waals surface area contributed by atoms with Crippen LogP contribution in [0.1, 0.15) is 0 Å². The van der Waals surface area contributed by atoms with E-state index in [1.54, 1.807) is 55.6 Å². The highest BCUT2D eigenvalue weighted by Gasteiger charge is 2.10. The Kier molecular flexibility index (Phi) is 6.10.